The smallest absolute Gasteiger partial charge is 0.331 e. The van der Waals surface area contributed by atoms with Crippen LogP contribution in [0.1, 0.15) is 17.2 Å². The number of carboxylic acid groups (broad SMARTS) is 1. The molecule has 21 heavy (non-hydrogen) atoms. The number of hydrogen-bond acceptors (Lipinski definition) is 3. The van der Waals surface area contributed by atoms with Gasteiger partial charge in [-0.1, -0.05) is 6.07 Å². The molecule has 0 unspecified atom stereocenters. The van der Waals surface area contributed by atoms with Crippen LogP contribution in [0, 0.1) is 5.82 Å². The van der Waals surface area contributed by atoms with Gasteiger partial charge in [0.15, 0.2) is 6.04 Å². The number of phenolic OH excluding ortho intramolecular Hbond substituents is 1. The minimum Gasteiger partial charge on any atom is -0.508 e. The Bertz CT molecular complexity index is 684. The van der Waals surface area contributed by atoms with Crippen LogP contribution in [-0.2, 0) is 11.2 Å². The number of carbonyl (C=O) groups is 1. The molecule has 0 radical (unpaired) electrons. The van der Waals surface area contributed by atoms with Crippen LogP contribution in [-0.4, -0.2) is 22.7 Å². The zero-order valence-corrected chi connectivity index (χ0v) is 11.2. The Labute approximate surface area is 121 Å². The lowest BCUT2D eigenvalue weighted by molar-refractivity contribution is -0.138. The average molecular weight is 287 g/mol. The quantitative estimate of drug-likeness (QED) is 0.891. The molecule has 0 fully saturated rings. The van der Waals surface area contributed by atoms with Gasteiger partial charge >= 0.3 is 5.97 Å². The molecule has 1 heterocycles. The second kappa shape index (κ2) is 5.09. The van der Waals surface area contributed by atoms with E-state index in [9.17, 15) is 19.4 Å². The van der Waals surface area contributed by atoms with E-state index in [0.29, 0.717) is 24.2 Å². The fourth-order valence-corrected chi connectivity index (χ4v) is 2.79. The average Bonchev–Trinajstić information content (AvgIpc) is 2.46. The second-order valence-electron chi connectivity index (χ2n) is 5.04. The minimum atomic E-state index is -0.967. The molecule has 2 N–H and O–H groups in total. The summed E-state index contributed by atoms with van der Waals surface area (Å²) in [6.45, 7) is 0.499. The number of rotatable bonds is 2. The van der Waals surface area contributed by atoms with Crippen molar-refractivity contribution in [3.8, 4) is 5.75 Å². The van der Waals surface area contributed by atoms with E-state index in [1.807, 2.05) is 0 Å². The molecule has 0 bridgehead atoms. The van der Waals surface area contributed by atoms with Gasteiger partial charge < -0.3 is 15.1 Å². The van der Waals surface area contributed by atoms with Crippen LogP contribution in [0.15, 0.2) is 42.5 Å². The Hall–Kier alpha value is -2.56. The number of fused-ring (bicyclic) bond motifs is 1. The second-order valence-corrected chi connectivity index (χ2v) is 5.04. The normalized spacial score (nSPS) is 17.4. The predicted octanol–water partition coefficient (Wildman–Crippen LogP) is 2.72. The highest BCUT2D eigenvalue weighted by molar-refractivity contribution is 5.81. The van der Waals surface area contributed by atoms with Crippen LogP contribution >= 0.6 is 0 Å². The summed E-state index contributed by atoms with van der Waals surface area (Å²) in [6, 6.07) is 9.70. The number of aliphatic carboxylic acids is 1. The molecule has 0 spiro atoms. The van der Waals surface area contributed by atoms with Crippen molar-refractivity contribution in [2.75, 3.05) is 11.4 Å². The summed E-state index contributed by atoms with van der Waals surface area (Å²) in [5.74, 6) is -1.19. The molecule has 2 aromatic rings. The molecule has 1 aliphatic heterocycles. The van der Waals surface area contributed by atoms with Crippen molar-refractivity contribution in [2.24, 2.45) is 0 Å². The van der Waals surface area contributed by atoms with E-state index < -0.39 is 12.0 Å². The number of aromatic hydroxyl groups is 1. The number of phenols is 1. The maximum absolute atomic E-state index is 13.0. The SMILES string of the molecule is O=C(O)[C@H]1c2ccc(O)cc2CCN1c1ccc(F)cc1. The van der Waals surface area contributed by atoms with Gasteiger partial charge in [0.1, 0.15) is 11.6 Å². The van der Waals surface area contributed by atoms with E-state index in [2.05, 4.69) is 0 Å². The summed E-state index contributed by atoms with van der Waals surface area (Å²) in [7, 11) is 0. The van der Waals surface area contributed by atoms with Gasteiger partial charge in [-0.15, -0.1) is 0 Å². The third-order valence-electron chi connectivity index (χ3n) is 3.75. The molecular formula is C16H14FNO3. The molecule has 2 aromatic carbocycles. The minimum absolute atomic E-state index is 0.133. The van der Waals surface area contributed by atoms with E-state index in [1.165, 1.54) is 18.2 Å². The molecule has 0 amide bonds. The Balaban J connectivity index is 2.05. The molecule has 0 saturated carbocycles. The summed E-state index contributed by atoms with van der Waals surface area (Å²) < 4.78 is 13.0. The van der Waals surface area contributed by atoms with Crippen molar-refractivity contribution < 1.29 is 19.4 Å². The summed E-state index contributed by atoms with van der Waals surface area (Å²) >= 11 is 0. The third kappa shape index (κ3) is 2.42. The van der Waals surface area contributed by atoms with E-state index in [4.69, 9.17) is 0 Å². The van der Waals surface area contributed by atoms with Gasteiger partial charge in [0, 0.05) is 12.2 Å². The number of hydrogen-bond donors (Lipinski definition) is 2. The van der Waals surface area contributed by atoms with Crippen molar-refractivity contribution >= 4 is 11.7 Å². The number of benzene rings is 2. The van der Waals surface area contributed by atoms with Crippen LogP contribution < -0.4 is 4.90 Å². The van der Waals surface area contributed by atoms with Crippen LogP contribution in [0.2, 0.25) is 0 Å². The molecule has 0 saturated heterocycles. The maximum atomic E-state index is 13.0. The molecule has 4 nitrogen and oxygen atoms in total. The first-order valence-corrected chi connectivity index (χ1v) is 6.63. The molecular weight excluding hydrogens is 273 g/mol. The highest BCUT2D eigenvalue weighted by atomic mass is 19.1. The number of carboxylic acids is 1. The highest BCUT2D eigenvalue weighted by Crippen LogP contribution is 2.35. The first kappa shape index (κ1) is 13.4. The van der Waals surface area contributed by atoms with Crippen molar-refractivity contribution in [3.05, 3.63) is 59.4 Å². The van der Waals surface area contributed by atoms with E-state index in [0.717, 1.165) is 5.56 Å². The molecule has 108 valence electrons. The van der Waals surface area contributed by atoms with Crippen LogP contribution in [0.5, 0.6) is 5.75 Å². The largest absolute Gasteiger partial charge is 0.508 e. The van der Waals surface area contributed by atoms with Gasteiger partial charge in [-0.25, -0.2) is 9.18 Å². The van der Waals surface area contributed by atoms with Crippen molar-refractivity contribution in [1.82, 2.24) is 0 Å². The first-order chi connectivity index (χ1) is 10.1. The lowest BCUT2D eigenvalue weighted by Crippen LogP contribution is -2.39. The van der Waals surface area contributed by atoms with E-state index in [1.54, 1.807) is 29.2 Å². The standard InChI is InChI=1S/C16H14FNO3/c17-11-1-3-12(4-2-11)18-8-7-10-9-13(19)5-6-14(10)15(18)16(20)21/h1-6,9,15,19H,7-8H2,(H,20,21)/t15-/m1/s1. The lowest BCUT2D eigenvalue weighted by Gasteiger charge is -2.36. The topological polar surface area (TPSA) is 60.8 Å². The zero-order valence-electron chi connectivity index (χ0n) is 11.2. The summed E-state index contributed by atoms with van der Waals surface area (Å²) in [6.07, 6.45) is 0.630. The molecule has 1 atom stereocenters. The van der Waals surface area contributed by atoms with Crippen LogP contribution in [0.3, 0.4) is 0 Å². The van der Waals surface area contributed by atoms with Crippen molar-refractivity contribution in [2.45, 2.75) is 12.5 Å². The van der Waals surface area contributed by atoms with Gasteiger partial charge in [0.2, 0.25) is 0 Å². The molecule has 1 aliphatic rings. The van der Waals surface area contributed by atoms with Gasteiger partial charge in [0.05, 0.1) is 0 Å². The van der Waals surface area contributed by atoms with Gasteiger partial charge in [-0.05, 0) is 53.9 Å². The number of halogens is 1. The van der Waals surface area contributed by atoms with Crippen LogP contribution in [0.4, 0.5) is 10.1 Å². The van der Waals surface area contributed by atoms with Crippen molar-refractivity contribution in [1.29, 1.82) is 0 Å². The first-order valence-electron chi connectivity index (χ1n) is 6.63. The fraction of sp³-hybridized carbons (Fsp3) is 0.188. The van der Waals surface area contributed by atoms with Crippen molar-refractivity contribution in [3.63, 3.8) is 0 Å². The van der Waals surface area contributed by atoms with E-state index >= 15 is 0 Å². The monoisotopic (exact) mass is 287 g/mol. The Morgan fingerprint density at radius 2 is 1.90 bits per heavy atom. The number of nitrogens with zero attached hydrogens (tertiary/aromatic N) is 1. The molecule has 5 heteroatoms. The van der Waals surface area contributed by atoms with E-state index in [-0.39, 0.29) is 11.6 Å². The fourth-order valence-electron chi connectivity index (χ4n) is 2.79. The summed E-state index contributed by atoms with van der Waals surface area (Å²) in [4.78, 5) is 13.4. The summed E-state index contributed by atoms with van der Waals surface area (Å²) in [5.41, 5.74) is 2.17. The summed E-state index contributed by atoms with van der Waals surface area (Å²) in [5, 5.41) is 19.1. The van der Waals surface area contributed by atoms with Crippen LogP contribution in [0.25, 0.3) is 0 Å². The highest BCUT2D eigenvalue weighted by Gasteiger charge is 2.33. The van der Waals surface area contributed by atoms with Gasteiger partial charge in [-0.3, -0.25) is 0 Å². The zero-order chi connectivity index (χ0) is 15.0. The lowest BCUT2D eigenvalue weighted by atomic mass is 9.92. The third-order valence-corrected chi connectivity index (χ3v) is 3.75. The van der Waals surface area contributed by atoms with Gasteiger partial charge in [-0.2, -0.15) is 0 Å². The predicted molar refractivity (Wildman–Crippen MR) is 75.9 cm³/mol. The Kier molecular flexibility index (Phi) is 3.25. The molecule has 0 aromatic heterocycles. The molecule has 0 aliphatic carbocycles. The number of anilines is 1. The molecule has 3 rings (SSSR count). The Morgan fingerprint density at radius 3 is 2.57 bits per heavy atom. The van der Waals surface area contributed by atoms with Gasteiger partial charge in [0.25, 0.3) is 0 Å². The Morgan fingerprint density at radius 1 is 1.19 bits per heavy atom. The maximum Gasteiger partial charge on any atom is 0.331 e.